The van der Waals surface area contributed by atoms with Crippen molar-refractivity contribution < 1.29 is 22.7 Å². The van der Waals surface area contributed by atoms with Crippen LogP contribution in [0.2, 0.25) is 0 Å². The molecule has 0 aromatic heterocycles. The third-order valence-electron chi connectivity index (χ3n) is 1.97. The molecule has 0 heterocycles. The maximum atomic E-state index is 12.0. The van der Waals surface area contributed by atoms with Gasteiger partial charge in [0.05, 0.1) is 0 Å². The fourth-order valence-electron chi connectivity index (χ4n) is 1.23. The van der Waals surface area contributed by atoms with Gasteiger partial charge in [-0.2, -0.15) is 0 Å². The number of amides is 1. The van der Waals surface area contributed by atoms with Crippen molar-refractivity contribution in [2.24, 2.45) is 0 Å². The minimum atomic E-state index is -4.78. The Labute approximate surface area is 113 Å². The van der Waals surface area contributed by atoms with Gasteiger partial charge < -0.3 is 10.1 Å². The molecule has 0 atom stereocenters. The highest BCUT2D eigenvalue weighted by Gasteiger charge is 2.31. The molecule has 19 heavy (non-hydrogen) atoms. The van der Waals surface area contributed by atoms with Crippen molar-refractivity contribution in [2.45, 2.75) is 6.36 Å². The number of ether oxygens (including phenoxy) is 1. The summed E-state index contributed by atoms with van der Waals surface area (Å²) in [4.78, 5) is 11.6. The Kier molecular flexibility index (Phi) is 5.69. The van der Waals surface area contributed by atoms with Crippen molar-refractivity contribution in [2.75, 3.05) is 12.4 Å². The molecular formula is C12H11ClF3NO2. The van der Waals surface area contributed by atoms with Crippen LogP contribution in [0.5, 0.6) is 5.75 Å². The van der Waals surface area contributed by atoms with Crippen LogP contribution in [0.3, 0.4) is 0 Å². The van der Waals surface area contributed by atoms with Crippen LogP contribution in [0, 0.1) is 0 Å². The van der Waals surface area contributed by atoms with E-state index in [0.717, 1.165) is 12.1 Å². The van der Waals surface area contributed by atoms with E-state index in [9.17, 15) is 18.0 Å². The molecule has 1 aromatic carbocycles. The van der Waals surface area contributed by atoms with Gasteiger partial charge in [0.1, 0.15) is 5.75 Å². The number of rotatable bonds is 5. The lowest BCUT2D eigenvalue weighted by atomic mass is 10.2. The van der Waals surface area contributed by atoms with Crippen LogP contribution in [0.15, 0.2) is 36.4 Å². The van der Waals surface area contributed by atoms with Gasteiger partial charge in [-0.25, -0.2) is 0 Å². The van der Waals surface area contributed by atoms with Crippen molar-refractivity contribution in [1.82, 2.24) is 5.32 Å². The fourth-order valence-corrected chi connectivity index (χ4v) is 1.36. The molecule has 7 heteroatoms. The molecule has 1 amide bonds. The molecule has 0 unspecified atom stereocenters. The topological polar surface area (TPSA) is 38.3 Å². The van der Waals surface area contributed by atoms with Crippen molar-refractivity contribution in [1.29, 1.82) is 0 Å². The molecule has 0 saturated carbocycles. The molecule has 0 fully saturated rings. The Morgan fingerprint density at radius 2 is 2.11 bits per heavy atom. The summed E-state index contributed by atoms with van der Waals surface area (Å²) in [5.74, 6) is -0.603. The van der Waals surface area contributed by atoms with Crippen LogP contribution in [-0.2, 0) is 0 Å². The van der Waals surface area contributed by atoms with E-state index in [1.165, 1.54) is 12.1 Å². The van der Waals surface area contributed by atoms with Crippen molar-refractivity contribution >= 4 is 17.5 Å². The molecule has 0 radical (unpaired) electrons. The molecule has 1 N–H and O–H groups in total. The number of halogens is 4. The minimum Gasteiger partial charge on any atom is -0.406 e. The van der Waals surface area contributed by atoms with Gasteiger partial charge >= 0.3 is 6.36 Å². The first-order chi connectivity index (χ1) is 8.92. The SMILES string of the molecule is O=C(NC/C=C/CCl)c1cccc(OC(F)(F)F)c1. The number of carbonyl (C=O) groups is 1. The van der Waals surface area contributed by atoms with E-state index < -0.39 is 18.0 Å². The molecule has 104 valence electrons. The van der Waals surface area contributed by atoms with Crippen molar-refractivity contribution in [3.8, 4) is 5.75 Å². The molecule has 0 bridgehead atoms. The fraction of sp³-hybridized carbons (Fsp3) is 0.250. The molecule has 1 rings (SSSR count). The predicted octanol–water partition coefficient (Wildman–Crippen LogP) is 3.11. The molecule has 1 aromatic rings. The largest absolute Gasteiger partial charge is 0.573 e. The number of hydrogen-bond acceptors (Lipinski definition) is 2. The van der Waals surface area contributed by atoms with Crippen LogP contribution < -0.4 is 10.1 Å². The highest BCUT2D eigenvalue weighted by Crippen LogP contribution is 2.23. The molecule has 0 aliphatic heterocycles. The molecule has 3 nitrogen and oxygen atoms in total. The van der Waals surface area contributed by atoms with Crippen molar-refractivity contribution in [3.05, 3.63) is 42.0 Å². The number of nitrogens with one attached hydrogen (secondary N) is 1. The molecule has 0 spiro atoms. The smallest absolute Gasteiger partial charge is 0.406 e. The summed E-state index contributed by atoms with van der Waals surface area (Å²) in [6.45, 7) is 0.246. The Hall–Kier alpha value is -1.69. The van der Waals surface area contributed by atoms with Gasteiger partial charge in [0.15, 0.2) is 0 Å². The lowest BCUT2D eigenvalue weighted by Gasteiger charge is -2.09. The Balaban J connectivity index is 2.65. The summed E-state index contributed by atoms with van der Waals surface area (Å²) in [7, 11) is 0. The van der Waals surface area contributed by atoms with E-state index in [-0.39, 0.29) is 12.1 Å². The molecular weight excluding hydrogens is 283 g/mol. The average molecular weight is 294 g/mol. The monoisotopic (exact) mass is 293 g/mol. The summed E-state index contributed by atoms with van der Waals surface area (Å²) >= 11 is 5.39. The second-order valence-corrected chi connectivity index (χ2v) is 3.72. The summed E-state index contributed by atoms with van der Waals surface area (Å²) in [6.07, 6.45) is -1.50. The lowest BCUT2D eigenvalue weighted by molar-refractivity contribution is -0.274. The first-order valence-corrected chi connectivity index (χ1v) is 5.81. The average Bonchev–Trinajstić information content (AvgIpc) is 2.32. The van der Waals surface area contributed by atoms with Gasteiger partial charge in [0.2, 0.25) is 0 Å². The van der Waals surface area contributed by atoms with E-state index in [2.05, 4.69) is 10.1 Å². The van der Waals surface area contributed by atoms with E-state index in [1.807, 2.05) is 0 Å². The number of carbonyl (C=O) groups excluding carboxylic acids is 1. The molecule has 0 aliphatic carbocycles. The molecule has 0 aliphatic rings. The minimum absolute atomic E-state index is 0.0843. The molecule has 0 saturated heterocycles. The summed E-state index contributed by atoms with van der Waals surface area (Å²) in [5.41, 5.74) is 0.0843. The van der Waals surface area contributed by atoms with Crippen LogP contribution in [-0.4, -0.2) is 24.7 Å². The normalized spacial score (nSPS) is 11.6. The maximum Gasteiger partial charge on any atom is 0.573 e. The predicted molar refractivity (Wildman–Crippen MR) is 65.3 cm³/mol. The first kappa shape index (κ1) is 15.4. The zero-order valence-electron chi connectivity index (χ0n) is 9.71. The van der Waals surface area contributed by atoms with Gasteiger partial charge in [0, 0.05) is 18.0 Å². The Bertz CT molecular complexity index is 461. The van der Waals surface area contributed by atoms with Crippen LogP contribution >= 0.6 is 11.6 Å². The summed E-state index contributed by atoms with van der Waals surface area (Å²) < 4.78 is 39.8. The summed E-state index contributed by atoms with van der Waals surface area (Å²) in [6, 6.07) is 4.85. The van der Waals surface area contributed by atoms with Gasteiger partial charge in [-0.05, 0) is 18.2 Å². The van der Waals surface area contributed by atoms with Gasteiger partial charge in [-0.15, -0.1) is 24.8 Å². The zero-order valence-corrected chi connectivity index (χ0v) is 10.5. The van der Waals surface area contributed by atoms with Crippen LogP contribution in [0.1, 0.15) is 10.4 Å². The van der Waals surface area contributed by atoms with Gasteiger partial charge in [0.25, 0.3) is 5.91 Å². The van der Waals surface area contributed by atoms with E-state index in [1.54, 1.807) is 12.2 Å². The van der Waals surface area contributed by atoms with E-state index in [0.29, 0.717) is 5.88 Å². The second kappa shape index (κ2) is 7.04. The number of hydrogen-bond donors (Lipinski definition) is 1. The Morgan fingerprint density at radius 1 is 1.37 bits per heavy atom. The maximum absolute atomic E-state index is 12.0. The second-order valence-electron chi connectivity index (χ2n) is 3.41. The Morgan fingerprint density at radius 3 is 2.74 bits per heavy atom. The van der Waals surface area contributed by atoms with Gasteiger partial charge in [-0.1, -0.05) is 18.2 Å². The van der Waals surface area contributed by atoms with Crippen molar-refractivity contribution in [3.63, 3.8) is 0 Å². The first-order valence-electron chi connectivity index (χ1n) is 5.27. The van der Waals surface area contributed by atoms with Gasteiger partial charge in [-0.3, -0.25) is 4.79 Å². The van der Waals surface area contributed by atoms with Crippen LogP contribution in [0.4, 0.5) is 13.2 Å². The number of benzene rings is 1. The quantitative estimate of drug-likeness (QED) is 0.669. The highest BCUT2D eigenvalue weighted by atomic mass is 35.5. The zero-order chi connectivity index (χ0) is 14.3. The lowest BCUT2D eigenvalue weighted by Crippen LogP contribution is -2.23. The third-order valence-corrected chi connectivity index (χ3v) is 2.14. The number of alkyl halides is 4. The standard InChI is InChI=1S/C12H11ClF3NO2/c13-6-1-2-7-17-11(18)9-4-3-5-10(8-9)19-12(14,15)16/h1-5,8H,6-7H2,(H,17,18)/b2-1+. The van der Waals surface area contributed by atoms with E-state index in [4.69, 9.17) is 11.6 Å². The van der Waals surface area contributed by atoms with Crippen LogP contribution in [0.25, 0.3) is 0 Å². The number of allylic oxidation sites excluding steroid dienone is 1. The highest BCUT2D eigenvalue weighted by molar-refractivity contribution is 6.18. The summed E-state index contributed by atoms with van der Waals surface area (Å²) in [5, 5.41) is 2.50. The van der Waals surface area contributed by atoms with E-state index >= 15 is 0 Å². The third kappa shape index (κ3) is 6.15.